The van der Waals surface area contributed by atoms with Gasteiger partial charge in [-0.25, -0.2) is 4.79 Å². The fourth-order valence-corrected chi connectivity index (χ4v) is 1.55. The predicted octanol–water partition coefficient (Wildman–Crippen LogP) is 2.18. The molecule has 0 heterocycles. The molecule has 0 saturated carbocycles. The van der Waals surface area contributed by atoms with Gasteiger partial charge in [0.25, 0.3) is 0 Å². The van der Waals surface area contributed by atoms with Crippen molar-refractivity contribution < 1.29 is 15.0 Å². The number of aliphatic hydroxyl groups is 1. The third kappa shape index (κ3) is 4.28. The second-order valence-corrected chi connectivity index (χ2v) is 3.81. The van der Waals surface area contributed by atoms with Gasteiger partial charge in [0.2, 0.25) is 0 Å². The Bertz CT molecular complexity index is 357. The largest absolute Gasteiger partial charge is 0.478 e. The second-order valence-electron chi connectivity index (χ2n) is 3.81. The first kappa shape index (κ1) is 12.5. The normalized spacial score (nSPS) is 14.9. The van der Waals surface area contributed by atoms with E-state index in [9.17, 15) is 9.90 Å². The Hall–Kier alpha value is -1.61. The lowest BCUT2D eigenvalue weighted by Crippen LogP contribution is -2.08. The van der Waals surface area contributed by atoms with E-state index in [1.165, 1.54) is 6.08 Å². The van der Waals surface area contributed by atoms with Crippen molar-refractivity contribution in [2.45, 2.75) is 25.4 Å². The maximum absolute atomic E-state index is 10.3. The third-order valence-electron chi connectivity index (χ3n) is 2.42. The standard InChI is InChI=1S/C13H16O3/c1-10(11-5-3-2-4-6-11)9-12(14)7-8-13(15)16/h2-8,10,12,14H,9H2,1H3,(H,15,16). The van der Waals surface area contributed by atoms with Gasteiger partial charge in [0, 0.05) is 6.08 Å². The minimum atomic E-state index is -1.04. The third-order valence-corrected chi connectivity index (χ3v) is 2.42. The molecule has 0 spiro atoms. The van der Waals surface area contributed by atoms with Crippen LogP contribution in [0, 0.1) is 0 Å². The van der Waals surface area contributed by atoms with Crippen molar-refractivity contribution in [3.63, 3.8) is 0 Å². The number of rotatable bonds is 5. The number of carbonyl (C=O) groups is 1. The van der Waals surface area contributed by atoms with Crippen LogP contribution in [0.3, 0.4) is 0 Å². The summed E-state index contributed by atoms with van der Waals surface area (Å²) in [5.41, 5.74) is 1.14. The molecule has 1 aromatic carbocycles. The van der Waals surface area contributed by atoms with Crippen molar-refractivity contribution in [3.05, 3.63) is 48.0 Å². The van der Waals surface area contributed by atoms with Crippen LogP contribution in [0.5, 0.6) is 0 Å². The molecule has 2 N–H and O–H groups in total. The van der Waals surface area contributed by atoms with E-state index in [1.807, 2.05) is 37.3 Å². The molecule has 1 aromatic rings. The van der Waals surface area contributed by atoms with E-state index in [0.717, 1.165) is 11.6 Å². The van der Waals surface area contributed by atoms with Gasteiger partial charge in [-0.1, -0.05) is 37.3 Å². The minimum Gasteiger partial charge on any atom is -0.478 e. The SMILES string of the molecule is CC(CC(O)C=CC(=O)O)c1ccccc1. The zero-order valence-corrected chi connectivity index (χ0v) is 9.21. The summed E-state index contributed by atoms with van der Waals surface area (Å²) in [5.74, 6) is -0.832. The molecule has 0 fully saturated rings. The van der Waals surface area contributed by atoms with Crippen LogP contribution in [0.1, 0.15) is 24.8 Å². The fourth-order valence-electron chi connectivity index (χ4n) is 1.55. The van der Waals surface area contributed by atoms with Crippen LogP contribution in [-0.4, -0.2) is 22.3 Å². The zero-order chi connectivity index (χ0) is 12.0. The van der Waals surface area contributed by atoms with Crippen molar-refractivity contribution in [1.29, 1.82) is 0 Å². The van der Waals surface area contributed by atoms with Crippen molar-refractivity contribution in [2.75, 3.05) is 0 Å². The number of carboxylic acids is 1. The molecule has 0 aromatic heterocycles. The first-order valence-electron chi connectivity index (χ1n) is 5.23. The van der Waals surface area contributed by atoms with Gasteiger partial charge in [0.15, 0.2) is 0 Å². The fraction of sp³-hybridized carbons (Fsp3) is 0.308. The molecular weight excluding hydrogens is 204 g/mol. The van der Waals surface area contributed by atoms with Gasteiger partial charge in [0.1, 0.15) is 0 Å². The van der Waals surface area contributed by atoms with Crippen molar-refractivity contribution in [1.82, 2.24) is 0 Å². The molecule has 86 valence electrons. The molecule has 0 saturated heterocycles. The van der Waals surface area contributed by atoms with Gasteiger partial charge in [0.05, 0.1) is 6.10 Å². The van der Waals surface area contributed by atoms with E-state index in [2.05, 4.69) is 0 Å². The van der Waals surface area contributed by atoms with Crippen molar-refractivity contribution in [2.24, 2.45) is 0 Å². The first-order valence-corrected chi connectivity index (χ1v) is 5.23. The topological polar surface area (TPSA) is 57.5 Å². The summed E-state index contributed by atoms with van der Waals surface area (Å²) < 4.78 is 0. The number of hydrogen-bond donors (Lipinski definition) is 2. The van der Waals surface area contributed by atoms with Crippen LogP contribution < -0.4 is 0 Å². The molecule has 2 atom stereocenters. The average molecular weight is 220 g/mol. The Morgan fingerprint density at radius 3 is 2.56 bits per heavy atom. The average Bonchev–Trinajstić information content (AvgIpc) is 2.27. The number of carboxylic acid groups (broad SMARTS) is 1. The molecule has 16 heavy (non-hydrogen) atoms. The molecule has 0 amide bonds. The van der Waals surface area contributed by atoms with E-state index >= 15 is 0 Å². The van der Waals surface area contributed by atoms with E-state index in [0.29, 0.717) is 6.42 Å². The van der Waals surface area contributed by atoms with E-state index in [-0.39, 0.29) is 5.92 Å². The predicted molar refractivity (Wildman–Crippen MR) is 62.3 cm³/mol. The first-order chi connectivity index (χ1) is 7.59. The van der Waals surface area contributed by atoms with E-state index < -0.39 is 12.1 Å². The highest BCUT2D eigenvalue weighted by Crippen LogP contribution is 2.20. The Labute approximate surface area is 95.0 Å². The van der Waals surface area contributed by atoms with E-state index in [4.69, 9.17) is 5.11 Å². The quantitative estimate of drug-likeness (QED) is 0.748. The molecule has 3 nitrogen and oxygen atoms in total. The molecule has 0 aliphatic rings. The lowest BCUT2D eigenvalue weighted by molar-refractivity contribution is -0.131. The van der Waals surface area contributed by atoms with Crippen LogP contribution in [0.15, 0.2) is 42.5 Å². The molecule has 3 heteroatoms. The Morgan fingerprint density at radius 2 is 2.00 bits per heavy atom. The maximum atomic E-state index is 10.3. The van der Waals surface area contributed by atoms with Gasteiger partial charge >= 0.3 is 5.97 Å². The number of benzene rings is 1. The van der Waals surface area contributed by atoms with Crippen molar-refractivity contribution in [3.8, 4) is 0 Å². The molecule has 2 unspecified atom stereocenters. The highest BCUT2D eigenvalue weighted by Gasteiger charge is 2.09. The summed E-state index contributed by atoms with van der Waals surface area (Å²) in [4.78, 5) is 10.3. The lowest BCUT2D eigenvalue weighted by Gasteiger charge is -2.13. The van der Waals surface area contributed by atoms with Crippen LogP contribution in [-0.2, 0) is 4.79 Å². The number of hydrogen-bond acceptors (Lipinski definition) is 2. The Morgan fingerprint density at radius 1 is 1.38 bits per heavy atom. The summed E-state index contributed by atoms with van der Waals surface area (Å²) in [5, 5.41) is 18.0. The van der Waals surface area contributed by atoms with Crippen LogP contribution in [0.2, 0.25) is 0 Å². The Kier molecular flexibility index (Phi) is 4.73. The van der Waals surface area contributed by atoms with Gasteiger partial charge in [-0.15, -0.1) is 0 Å². The summed E-state index contributed by atoms with van der Waals surface area (Å²) in [6.07, 6.45) is 2.09. The molecular formula is C13H16O3. The maximum Gasteiger partial charge on any atom is 0.328 e. The molecule has 0 radical (unpaired) electrons. The van der Waals surface area contributed by atoms with Crippen LogP contribution in [0.4, 0.5) is 0 Å². The second kappa shape index (κ2) is 6.08. The summed E-state index contributed by atoms with van der Waals surface area (Å²) in [7, 11) is 0. The lowest BCUT2D eigenvalue weighted by atomic mass is 9.95. The smallest absolute Gasteiger partial charge is 0.328 e. The number of aliphatic hydroxyl groups excluding tert-OH is 1. The monoisotopic (exact) mass is 220 g/mol. The highest BCUT2D eigenvalue weighted by molar-refractivity contribution is 5.79. The minimum absolute atomic E-state index is 0.203. The molecule has 0 bridgehead atoms. The molecule has 0 aliphatic carbocycles. The Balaban J connectivity index is 2.52. The zero-order valence-electron chi connectivity index (χ0n) is 9.21. The summed E-state index contributed by atoms with van der Waals surface area (Å²) in [6.45, 7) is 2.01. The van der Waals surface area contributed by atoms with Crippen LogP contribution >= 0.6 is 0 Å². The van der Waals surface area contributed by atoms with Gasteiger partial charge in [-0.05, 0) is 24.0 Å². The van der Waals surface area contributed by atoms with Gasteiger partial charge < -0.3 is 10.2 Å². The number of aliphatic carboxylic acids is 1. The summed E-state index contributed by atoms with van der Waals surface area (Å²) in [6, 6.07) is 9.84. The van der Waals surface area contributed by atoms with E-state index in [1.54, 1.807) is 0 Å². The van der Waals surface area contributed by atoms with Crippen molar-refractivity contribution >= 4 is 5.97 Å². The molecule has 0 aliphatic heterocycles. The van der Waals surface area contributed by atoms with Gasteiger partial charge in [-0.2, -0.15) is 0 Å². The molecule has 1 rings (SSSR count). The summed E-state index contributed by atoms with van der Waals surface area (Å²) >= 11 is 0. The van der Waals surface area contributed by atoms with Gasteiger partial charge in [-0.3, -0.25) is 0 Å². The highest BCUT2D eigenvalue weighted by atomic mass is 16.4. The van der Waals surface area contributed by atoms with Crippen LogP contribution in [0.25, 0.3) is 0 Å².